The van der Waals surface area contributed by atoms with Gasteiger partial charge in [-0.1, -0.05) is 18.5 Å². The second-order valence-electron chi connectivity index (χ2n) is 7.81. The van der Waals surface area contributed by atoms with E-state index in [0.717, 1.165) is 62.1 Å². The van der Waals surface area contributed by atoms with Crippen LogP contribution >= 0.6 is 11.6 Å². The Morgan fingerprint density at radius 3 is 2.89 bits per heavy atom. The number of piperidine rings is 1. The Kier molecular flexibility index (Phi) is 6.09. The molecule has 1 N–H and O–H groups in total. The zero-order chi connectivity index (χ0) is 19.5. The van der Waals surface area contributed by atoms with Crippen molar-refractivity contribution in [3.8, 4) is 11.5 Å². The second-order valence-corrected chi connectivity index (χ2v) is 8.24. The van der Waals surface area contributed by atoms with E-state index in [2.05, 4.69) is 33.0 Å². The van der Waals surface area contributed by atoms with Crippen LogP contribution in [0.1, 0.15) is 31.0 Å². The van der Waals surface area contributed by atoms with Crippen molar-refractivity contribution in [2.24, 2.45) is 5.92 Å². The van der Waals surface area contributed by atoms with Gasteiger partial charge in [0.05, 0.1) is 13.7 Å². The van der Waals surface area contributed by atoms with Gasteiger partial charge >= 0.3 is 0 Å². The molecule has 0 radical (unpaired) electrons. The average Bonchev–Trinajstić information content (AvgIpc) is 3.18. The van der Waals surface area contributed by atoms with Gasteiger partial charge in [-0.3, -0.25) is 14.9 Å². The lowest BCUT2D eigenvalue weighted by Crippen LogP contribution is -2.62. The first kappa shape index (κ1) is 19.6. The van der Waals surface area contributed by atoms with Crippen LogP contribution in [0.4, 0.5) is 0 Å². The first-order valence-corrected chi connectivity index (χ1v) is 10.5. The SMILES string of the molecule is CCCOc1c(CN2CC[C@H]3[C@@H](C2)CN3Cc2ccn[nH]2)cc(Cl)cc1OC. The first-order chi connectivity index (χ1) is 13.7. The smallest absolute Gasteiger partial charge is 0.165 e. The van der Waals surface area contributed by atoms with E-state index in [0.29, 0.717) is 17.7 Å². The molecule has 0 bridgehead atoms. The zero-order valence-corrected chi connectivity index (χ0v) is 17.4. The summed E-state index contributed by atoms with van der Waals surface area (Å²) in [5.41, 5.74) is 2.31. The fraction of sp³-hybridized carbons (Fsp3) is 0.571. The summed E-state index contributed by atoms with van der Waals surface area (Å²) in [6.07, 6.45) is 3.99. The molecule has 7 heteroatoms. The quantitative estimate of drug-likeness (QED) is 0.729. The number of likely N-dealkylation sites (tertiary alicyclic amines) is 2. The van der Waals surface area contributed by atoms with Gasteiger partial charge in [0.15, 0.2) is 11.5 Å². The maximum Gasteiger partial charge on any atom is 0.165 e. The normalized spacial score (nSPS) is 22.5. The zero-order valence-electron chi connectivity index (χ0n) is 16.7. The van der Waals surface area contributed by atoms with Gasteiger partial charge in [-0.15, -0.1) is 0 Å². The molecule has 6 nitrogen and oxygen atoms in total. The molecule has 1 aromatic carbocycles. The molecule has 2 aromatic rings. The van der Waals surface area contributed by atoms with Crippen LogP contribution in [0.25, 0.3) is 0 Å². The molecule has 0 aliphatic carbocycles. The van der Waals surface area contributed by atoms with Crippen molar-refractivity contribution in [1.29, 1.82) is 0 Å². The molecule has 0 spiro atoms. The fourth-order valence-corrected chi connectivity index (χ4v) is 4.70. The highest BCUT2D eigenvalue weighted by molar-refractivity contribution is 6.30. The number of aromatic nitrogens is 2. The summed E-state index contributed by atoms with van der Waals surface area (Å²) in [6, 6.07) is 6.60. The van der Waals surface area contributed by atoms with Crippen LogP contribution in [0, 0.1) is 5.92 Å². The summed E-state index contributed by atoms with van der Waals surface area (Å²) in [7, 11) is 1.67. The molecule has 4 rings (SSSR count). The predicted octanol–water partition coefficient (Wildman–Crippen LogP) is 3.57. The van der Waals surface area contributed by atoms with Gasteiger partial charge in [-0.25, -0.2) is 0 Å². The van der Waals surface area contributed by atoms with Crippen molar-refractivity contribution in [3.05, 3.63) is 40.7 Å². The highest BCUT2D eigenvalue weighted by Crippen LogP contribution is 2.38. The van der Waals surface area contributed by atoms with Crippen LogP contribution in [0.15, 0.2) is 24.4 Å². The molecule has 2 saturated heterocycles. The number of methoxy groups -OCH3 is 1. The molecule has 0 amide bonds. The van der Waals surface area contributed by atoms with Crippen LogP contribution in [-0.4, -0.2) is 59.4 Å². The molecule has 2 aliphatic rings. The summed E-state index contributed by atoms with van der Waals surface area (Å²) in [6.45, 7) is 7.96. The molecular weight excluding hydrogens is 376 g/mol. The van der Waals surface area contributed by atoms with E-state index >= 15 is 0 Å². The Bertz CT molecular complexity index is 783. The summed E-state index contributed by atoms with van der Waals surface area (Å²) < 4.78 is 11.5. The van der Waals surface area contributed by atoms with Crippen LogP contribution in [0.3, 0.4) is 0 Å². The van der Waals surface area contributed by atoms with E-state index in [1.54, 1.807) is 7.11 Å². The minimum absolute atomic E-state index is 0.679. The number of hydrogen-bond acceptors (Lipinski definition) is 5. The van der Waals surface area contributed by atoms with Crippen molar-refractivity contribution >= 4 is 11.6 Å². The standard InChI is InChI=1S/C21H29ClN4O2/c1-3-8-28-21-15(9-17(22)10-20(21)27-2)11-25-7-5-19-16(12-25)13-26(19)14-18-4-6-23-24-18/h4,6,9-10,16,19H,3,5,7-8,11-14H2,1-2H3,(H,23,24)/t16-,19-/m0/s1. The number of aromatic amines is 1. The van der Waals surface area contributed by atoms with Crippen molar-refractivity contribution in [1.82, 2.24) is 20.0 Å². The first-order valence-electron chi connectivity index (χ1n) is 10.1. The van der Waals surface area contributed by atoms with E-state index < -0.39 is 0 Å². The molecule has 3 heterocycles. The Balaban J connectivity index is 1.39. The number of nitrogens with one attached hydrogen (secondary N) is 1. The van der Waals surface area contributed by atoms with Gasteiger partial charge in [-0.2, -0.15) is 5.10 Å². The van der Waals surface area contributed by atoms with E-state index in [-0.39, 0.29) is 0 Å². The number of ether oxygens (including phenoxy) is 2. The number of hydrogen-bond donors (Lipinski definition) is 1. The second kappa shape index (κ2) is 8.72. The molecular formula is C21H29ClN4O2. The highest BCUT2D eigenvalue weighted by Gasteiger charge is 2.42. The predicted molar refractivity (Wildman–Crippen MR) is 110 cm³/mol. The lowest BCUT2D eigenvalue weighted by Gasteiger charge is -2.53. The number of benzene rings is 1. The molecule has 2 aliphatic heterocycles. The van der Waals surface area contributed by atoms with Gasteiger partial charge in [0, 0.05) is 67.3 Å². The number of H-pyrrole nitrogens is 1. The summed E-state index contributed by atoms with van der Waals surface area (Å²) in [4.78, 5) is 5.09. The monoisotopic (exact) mass is 404 g/mol. The number of fused-ring (bicyclic) bond motifs is 1. The van der Waals surface area contributed by atoms with Crippen LogP contribution in [0.5, 0.6) is 11.5 Å². The van der Waals surface area contributed by atoms with Gasteiger partial charge < -0.3 is 9.47 Å². The summed E-state index contributed by atoms with van der Waals surface area (Å²) >= 11 is 6.33. The van der Waals surface area contributed by atoms with Gasteiger partial charge in [-0.05, 0) is 30.9 Å². The van der Waals surface area contributed by atoms with Crippen LogP contribution in [0.2, 0.25) is 5.02 Å². The van der Waals surface area contributed by atoms with Crippen LogP contribution in [-0.2, 0) is 13.1 Å². The fourth-order valence-electron chi connectivity index (χ4n) is 4.47. The molecule has 28 heavy (non-hydrogen) atoms. The van der Waals surface area contributed by atoms with Gasteiger partial charge in [0.2, 0.25) is 0 Å². The molecule has 0 unspecified atom stereocenters. The molecule has 1 aromatic heterocycles. The Morgan fingerprint density at radius 2 is 2.18 bits per heavy atom. The number of rotatable bonds is 8. The number of nitrogens with zero attached hydrogens (tertiary/aromatic N) is 3. The Labute approximate surface area is 171 Å². The third-order valence-corrected chi connectivity index (χ3v) is 6.03. The van der Waals surface area contributed by atoms with Gasteiger partial charge in [0.1, 0.15) is 0 Å². The molecule has 152 valence electrons. The topological polar surface area (TPSA) is 53.6 Å². The van der Waals surface area contributed by atoms with Crippen molar-refractivity contribution < 1.29 is 9.47 Å². The summed E-state index contributed by atoms with van der Waals surface area (Å²) in [5.74, 6) is 2.29. The van der Waals surface area contributed by atoms with Crippen LogP contribution < -0.4 is 9.47 Å². The highest BCUT2D eigenvalue weighted by atomic mass is 35.5. The van der Waals surface area contributed by atoms with E-state index in [1.165, 1.54) is 12.1 Å². The van der Waals surface area contributed by atoms with Crippen molar-refractivity contribution in [3.63, 3.8) is 0 Å². The Morgan fingerprint density at radius 1 is 1.29 bits per heavy atom. The third-order valence-electron chi connectivity index (χ3n) is 5.81. The maximum absolute atomic E-state index is 6.33. The largest absolute Gasteiger partial charge is 0.493 e. The van der Waals surface area contributed by atoms with E-state index in [4.69, 9.17) is 21.1 Å². The average molecular weight is 405 g/mol. The summed E-state index contributed by atoms with van der Waals surface area (Å²) in [5, 5.41) is 7.82. The lowest BCUT2D eigenvalue weighted by molar-refractivity contribution is -0.0514. The molecule has 2 fully saturated rings. The van der Waals surface area contributed by atoms with Gasteiger partial charge in [0.25, 0.3) is 0 Å². The third kappa shape index (κ3) is 4.14. The maximum atomic E-state index is 6.33. The molecule has 2 atom stereocenters. The van der Waals surface area contributed by atoms with E-state index in [9.17, 15) is 0 Å². The minimum atomic E-state index is 0.679. The Hall–Kier alpha value is -1.76. The van der Waals surface area contributed by atoms with Crippen molar-refractivity contribution in [2.45, 2.75) is 38.9 Å². The minimum Gasteiger partial charge on any atom is -0.493 e. The van der Waals surface area contributed by atoms with E-state index in [1.807, 2.05) is 18.3 Å². The number of halogens is 1. The molecule has 0 saturated carbocycles. The lowest BCUT2D eigenvalue weighted by atomic mass is 9.82. The van der Waals surface area contributed by atoms with Crippen molar-refractivity contribution in [2.75, 3.05) is 33.4 Å².